The summed E-state index contributed by atoms with van der Waals surface area (Å²) in [4.78, 5) is 25.9. The molecule has 2 heterocycles. The Hall–Kier alpha value is -2.08. The van der Waals surface area contributed by atoms with Crippen molar-refractivity contribution in [2.75, 3.05) is 11.9 Å². The largest absolute Gasteiger partial charge is 0.469 e. The quantitative estimate of drug-likeness (QED) is 0.783. The minimum Gasteiger partial charge on any atom is -0.469 e. The molecule has 1 aliphatic carbocycles. The number of amides is 1. The molecule has 2 aromatic rings. The van der Waals surface area contributed by atoms with Crippen molar-refractivity contribution in [3.63, 3.8) is 0 Å². The molecule has 1 aliphatic rings. The van der Waals surface area contributed by atoms with Crippen LogP contribution in [-0.4, -0.2) is 18.5 Å². The fourth-order valence-corrected chi connectivity index (χ4v) is 4.55. The molecule has 0 radical (unpaired) electrons. The molecule has 3 rings (SSSR count). The number of carbonyl (C=O) groups is 2. The molecule has 1 unspecified atom stereocenters. The fourth-order valence-electron chi connectivity index (χ4n) is 3.14. The highest BCUT2D eigenvalue weighted by atomic mass is 32.1. The van der Waals surface area contributed by atoms with Crippen LogP contribution < -0.4 is 5.32 Å². The summed E-state index contributed by atoms with van der Waals surface area (Å²) < 4.78 is 10.5. The first kappa shape index (κ1) is 17.7. The van der Waals surface area contributed by atoms with E-state index in [9.17, 15) is 9.59 Å². The maximum absolute atomic E-state index is 12.4. The lowest BCUT2D eigenvalue weighted by molar-refractivity contribution is -0.116. The van der Waals surface area contributed by atoms with Gasteiger partial charge in [0.05, 0.1) is 18.4 Å². The maximum atomic E-state index is 12.4. The van der Waals surface area contributed by atoms with Gasteiger partial charge in [-0.1, -0.05) is 6.92 Å². The molecular formula is C19H23NO4S. The van der Waals surface area contributed by atoms with Gasteiger partial charge in [-0.25, -0.2) is 4.79 Å². The number of nitrogens with one attached hydrogen (secondary N) is 1. The van der Waals surface area contributed by atoms with Gasteiger partial charge >= 0.3 is 5.97 Å². The Morgan fingerprint density at radius 3 is 3.00 bits per heavy atom. The van der Waals surface area contributed by atoms with Crippen LogP contribution in [0.1, 0.15) is 53.2 Å². The average molecular weight is 361 g/mol. The Morgan fingerprint density at radius 2 is 2.28 bits per heavy atom. The van der Waals surface area contributed by atoms with Gasteiger partial charge < -0.3 is 14.5 Å². The molecule has 0 saturated heterocycles. The molecule has 0 aromatic carbocycles. The summed E-state index contributed by atoms with van der Waals surface area (Å²) >= 11 is 1.52. The fraction of sp³-hybridized carbons (Fsp3) is 0.474. The minimum atomic E-state index is -0.337. The van der Waals surface area contributed by atoms with Crippen LogP contribution in [0, 0.1) is 5.92 Å². The standard InChI is InChI=1S/C19H23NO4S/c1-3-23-19(22)17-14-8-6-12(2)11-15(14)25-18(17)20-16(21)9-7-13-5-4-10-24-13/h4-5,10,12H,3,6-9,11H2,1-2H3,(H,20,21). The Kier molecular flexibility index (Phi) is 5.58. The van der Waals surface area contributed by atoms with E-state index in [1.165, 1.54) is 16.2 Å². The van der Waals surface area contributed by atoms with Gasteiger partial charge in [-0.3, -0.25) is 4.79 Å². The van der Waals surface area contributed by atoms with E-state index in [0.29, 0.717) is 35.9 Å². The molecule has 2 aromatic heterocycles. The molecular weight excluding hydrogens is 338 g/mol. The van der Waals surface area contributed by atoms with Gasteiger partial charge in [-0.05, 0) is 49.8 Å². The third-order valence-corrected chi connectivity index (χ3v) is 5.59. The van der Waals surface area contributed by atoms with Crippen LogP contribution in [0.5, 0.6) is 0 Å². The van der Waals surface area contributed by atoms with Gasteiger partial charge in [0, 0.05) is 17.7 Å². The van der Waals surface area contributed by atoms with Gasteiger partial charge in [0.2, 0.25) is 5.91 Å². The molecule has 0 bridgehead atoms. The molecule has 6 heteroatoms. The summed E-state index contributed by atoms with van der Waals surface area (Å²) in [6, 6.07) is 3.66. The summed E-state index contributed by atoms with van der Waals surface area (Å²) in [5.41, 5.74) is 1.61. The van der Waals surface area contributed by atoms with Crippen molar-refractivity contribution in [1.29, 1.82) is 0 Å². The maximum Gasteiger partial charge on any atom is 0.341 e. The number of hydrogen-bond donors (Lipinski definition) is 1. The lowest BCUT2D eigenvalue weighted by Crippen LogP contribution is -2.16. The molecule has 134 valence electrons. The van der Waals surface area contributed by atoms with Crippen molar-refractivity contribution in [2.24, 2.45) is 5.92 Å². The Morgan fingerprint density at radius 1 is 1.44 bits per heavy atom. The second kappa shape index (κ2) is 7.87. The van der Waals surface area contributed by atoms with Gasteiger partial charge in [0.25, 0.3) is 0 Å². The van der Waals surface area contributed by atoms with Crippen molar-refractivity contribution in [3.05, 3.63) is 40.2 Å². The zero-order valence-electron chi connectivity index (χ0n) is 14.6. The van der Waals surface area contributed by atoms with E-state index < -0.39 is 0 Å². The molecule has 0 fully saturated rings. The number of esters is 1. The smallest absolute Gasteiger partial charge is 0.341 e. The summed E-state index contributed by atoms with van der Waals surface area (Å²) in [5, 5.41) is 3.55. The summed E-state index contributed by atoms with van der Waals surface area (Å²) in [6.45, 7) is 4.33. The summed E-state index contributed by atoms with van der Waals surface area (Å²) in [7, 11) is 0. The number of rotatable bonds is 6. The van der Waals surface area contributed by atoms with E-state index >= 15 is 0 Å². The molecule has 1 N–H and O–H groups in total. The van der Waals surface area contributed by atoms with E-state index in [1.807, 2.05) is 6.07 Å². The van der Waals surface area contributed by atoms with Crippen LogP contribution in [0.25, 0.3) is 0 Å². The number of thiophene rings is 1. The monoisotopic (exact) mass is 361 g/mol. The zero-order valence-corrected chi connectivity index (χ0v) is 15.4. The second-order valence-corrected chi connectivity index (χ2v) is 7.51. The van der Waals surface area contributed by atoms with Gasteiger partial charge in [-0.2, -0.15) is 0 Å². The van der Waals surface area contributed by atoms with E-state index in [-0.39, 0.29) is 11.9 Å². The van der Waals surface area contributed by atoms with E-state index in [1.54, 1.807) is 19.3 Å². The third kappa shape index (κ3) is 4.12. The van der Waals surface area contributed by atoms with Crippen molar-refractivity contribution in [3.8, 4) is 0 Å². The third-order valence-electron chi connectivity index (χ3n) is 4.42. The average Bonchev–Trinajstić information content (AvgIpc) is 3.19. The van der Waals surface area contributed by atoms with E-state index in [2.05, 4.69) is 12.2 Å². The number of aryl methyl sites for hydroxylation is 1. The highest BCUT2D eigenvalue weighted by molar-refractivity contribution is 7.17. The zero-order chi connectivity index (χ0) is 17.8. The molecule has 25 heavy (non-hydrogen) atoms. The number of fused-ring (bicyclic) bond motifs is 1. The lowest BCUT2D eigenvalue weighted by Gasteiger charge is -2.18. The van der Waals surface area contributed by atoms with Gasteiger partial charge in [-0.15, -0.1) is 11.3 Å². The van der Waals surface area contributed by atoms with Crippen molar-refractivity contribution in [2.45, 2.75) is 46.0 Å². The summed E-state index contributed by atoms with van der Waals surface area (Å²) in [6.07, 6.45) is 5.32. The Balaban J connectivity index is 1.77. The number of anilines is 1. The summed E-state index contributed by atoms with van der Waals surface area (Å²) in [5.74, 6) is 0.924. The van der Waals surface area contributed by atoms with Crippen molar-refractivity contribution >= 4 is 28.2 Å². The SMILES string of the molecule is CCOC(=O)c1c(NC(=O)CCc2ccco2)sc2c1CCC(C)C2. The van der Waals surface area contributed by atoms with Crippen LogP contribution in [0.2, 0.25) is 0 Å². The molecule has 1 amide bonds. The number of furan rings is 1. The normalized spacial score (nSPS) is 16.3. The predicted octanol–water partition coefficient (Wildman–Crippen LogP) is 4.21. The van der Waals surface area contributed by atoms with Crippen molar-refractivity contribution in [1.82, 2.24) is 0 Å². The van der Waals surface area contributed by atoms with Crippen LogP contribution >= 0.6 is 11.3 Å². The highest BCUT2D eigenvalue weighted by Crippen LogP contribution is 2.40. The van der Waals surface area contributed by atoms with Gasteiger partial charge in [0.15, 0.2) is 0 Å². The van der Waals surface area contributed by atoms with Crippen LogP contribution in [0.4, 0.5) is 5.00 Å². The lowest BCUT2D eigenvalue weighted by atomic mass is 9.88. The van der Waals surface area contributed by atoms with Crippen molar-refractivity contribution < 1.29 is 18.7 Å². The van der Waals surface area contributed by atoms with Gasteiger partial charge in [0.1, 0.15) is 10.8 Å². The van der Waals surface area contributed by atoms with Crippen LogP contribution in [-0.2, 0) is 28.8 Å². The van der Waals surface area contributed by atoms with Crippen LogP contribution in [0.15, 0.2) is 22.8 Å². The number of carbonyl (C=O) groups excluding carboxylic acids is 2. The molecule has 1 atom stereocenters. The number of hydrogen-bond acceptors (Lipinski definition) is 5. The molecule has 0 aliphatic heterocycles. The first-order valence-corrected chi connectivity index (χ1v) is 9.54. The minimum absolute atomic E-state index is 0.117. The molecule has 5 nitrogen and oxygen atoms in total. The van der Waals surface area contributed by atoms with Crippen LogP contribution in [0.3, 0.4) is 0 Å². The number of ether oxygens (including phenoxy) is 1. The first-order chi connectivity index (χ1) is 12.1. The Labute approximate surface area is 151 Å². The van der Waals surface area contributed by atoms with E-state index in [4.69, 9.17) is 9.15 Å². The second-order valence-electron chi connectivity index (χ2n) is 6.40. The topological polar surface area (TPSA) is 68.5 Å². The Bertz CT molecular complexity index is 748. The van der Waals surface area contributed by atoms with E-state index in [0.717, 1.165) is 30.6 Å². The molecule has 0 saturated carbocycles. The molecule has 0 spiro atoms. The predicted molar refractivity (Wildman–Crippen MR) is 97.1 cm³/mol. The first-order valence-electron chi connectivity index (χ1n) is 8.72. The highest BCUT2D eigenvalue weighted by Gasteiger charge is 2.29.